The Morgan fingerprint density at radius 3 is 2.84 bits per heavy atom. The van der Waals surface area contributed by atoms with Crippen LogP contribution in [0.25, 0.3) is 0 Å². The van der Waals surface area contributed by atoms with Crippen molar-refractivity contribution in [3.8, 4) is 6.01 Å². The number of likely N-dealkylation sites (N-methyl/N-ethyl adjacent to an activating group) is 1. The molecule has 1 aromatic rings. The van der Waals surface area contributed by atoms with Gasteiger partial charge in [0.15, 0.2) is 0 Å². The summed E-state index contributed by atoms with van der Waals surface area (Å²) in [6, 6.07) is 0.468. The third-order valence-electron chi connectivity index (χ3n) is 4.59. The van der Waals surface area contributed by atoms with Crippen molar-refractivity contribution in [1.29, 1.82) is 0 Å². The number of aryl methyl sites for hydroxylation is 1. The summed E-state index contributed by atoms with van der Waals surface area (Å²) in [7, 11) is 6.17. The van der Waals surface area contributed by atoms with E-state index in [1.165, 1.54) is 13.0 Å². The summed E-state index contributed by atoms with van der Waals surface area (Å²) in [6.45, 7) is 11.3. The maximum absolute atomic E-state index is 6.18. The van der Waals surface area contributed by atoms with Crippen LogP contribution in [0.3, 0.4) is 0 Å². The van der Waals surface area contributed by atoms with Gasteiger partial charge in [-0.2, -0.15) is 4.98 Å². The largest absolute Gasteiger partial charge is 0.459 e. The maximum Gasteiger partial charge on any atom is 0.318 e. The number of anilines is 1. The number of nitrogens with zero attached hydrogens (tertiary/aromatic N) is 5. The van der Waals surface area contributed by atoms with Gasteiger partial charge < -0.3 is 14.5 Å². The van der Waals surface area contributed by atoms with E-state index in [9.17, 15) is 0 Å². The minimum atomic E-state index is 0.0825. The number of rotatable bonds is 8. The van der Waals surface area contributed by atoms with Crippen LogP contribution in [0.5, 0.6) is 6.01 Å². The van der Waals surface area contributed by atoms with E-state index in [2.05, 4.69) is 33.4 Å². The fourth-order valence-corrected chi connectivity index (χ4v) is 3.14. The van der Waals surface area contributed by atoms with E-state index in [-0.39, 0.29) is 6.10 Å². The molecule has 6 heteroatoms. The van der Waals surface area contributed by atoms with Gasteiger partial charge in [0.05, 0.1) is 0 Å². The first-order valence-electron chi connectivity index (χ1n) is 9.19. The standard InChI is InChI=1S/C19H33N5O/c1-6-7-9-17(15-24-11-8-10-23(5)12-13-24)25-19-20-14-16(2)18(21-19)22(3)4/h6,14,17H,1,7-13,15H2,2-5H3/t17-/m1/s1. The Labute approximate surface area is 152 Å². The molecule has 0 radical (unpaired) electrons. The molecule has 140 valence electrons. The van der Waals surface area contributed by atoms with Crippen LogP contribution in [-0.4, -0.2) is 79.7 Å². The molecule has 1 atom stereocenters. The lowest BCUT2D eigenvalue weighted by Gasteiger charge is -2.26. The summed E-state index contributed by atoms with van der Waals surface area (Å²) < 4.78 is 6.18. The molecule has 1 saturated heterocycles. The molecule has 0 N–H and O–H groups in total. The highest BCUT2D eigenvalue weighted by Gasteiger charge is 2.19. The van der Waals surface area contributed by atoms with E-state index in [0.717, 1.165) is 50.4 Å². The van der Waals surface area contributed by atoms with Gasteiger partial charge in [0.2, 0.25) is 0 Å². The quantitative estimate of drug-likeness (QED) is 0.672. The third-order valence-corrected chi connectivity index (χ3v) is 4.59. The predicted molar refractivity (Wildman–Crippen MR) is 103 cm³/mol. The van der Waals surface area contributed by atoms with Crippen molar-refractivity contribution in [3.63, 3.8) is 0 Å². The summed E-state index contributed by atoms with van der Waals surface area (Å²) in [5.41, 5.74) is 1.05. The first-order valence-corrected chi connectivity index (χ1v) is 9.19. The van der Waals surface area contributed by atoms with E-state index in [1.807, 2.05) is 38.2 Å². The second-order valence-corrected chi connectivity index (χ2v) is 7.12. The molecule has 0 saturated carbocycles. The van der Waals surface area contributed by atoms with Gasteiger partial charge in [0, 0.05) is 45.5 Å². The van der Waals surface area contributed by atoms with Gasteiger partial charge in [-0.15, -0.1) is 6.58 Å². The zero-order valence-corrected chi connectivity index (χ0v) is 16.2. The van der Waals surface area contributed by atoms with E-state index < -0.39 is 0 Å². The fraction of sp³-hybridized carbons (Fsp3) is 0.684. The number of ether oxygens (including phenoxy) is 1. The molecule has 1 aromatic heterocycles. The molecule has 2 rings (SSSR count). The van der Waals surface area contributed by atoms with Crippen LogP contribution in [0.1, 0.15) is 24.8 Å². The minimum absolute atomic E-state index is 0.0825. The van der Waals surface area contributed by atoms with Gasteiger partial charge in [-0.3, -0.25) is 4.90 Å². The Morgan fingerprint density at radius 1 is 1.32 bits per heavy atom. The first kappa shape index (κ1) is 19.7. The van der Waals surface area contributed by atoms with Crippen molar-refractivity contribution in [3.05, 3.63) is 24.4 Å². The Bertz CT molecular complexity index is 549. The molecular formula is C19H33N5O. The van der Waals surface area contributed by atoms with Gasteiger partial charge in [0.25, 0.3) is 0 Å². The van der Waals surface area contributed by atoms with E-state index in [0.29, 0.717) is 6.01 Å². The van der Waals surface area contributed by atoms with Crippen LogP contribution in [0, 0.1) is 6.92 Å². The number of aromatic nitrogens is 2. The molecule has 6 nitrogen and oxygen atoms in total. The molecule has 0 unspecified atom stereocenters. The summed E-state index contributed by atoms with van der Waals surface area (Å²) in [5.74, 6) is 0.906. The van der Waals surface area contributed by atoms with Crippen molar-refractivity contribution in [2.45, 2.75) is 32.3 Å². The maximum atomic E-state index is 6.18. The second-order valence-electron chi connectivity index (χ2n) is 7.12. The normalized spacial score (nSPS) is 17.8. The lowest BCUT2D eigenvalue weighted by molar-refractivity contribution is 0.118. The SMILES string of the molecule is C=CCC[C@H](CN1CCCN(C)CC1)Oc1ncc(C)c(N(C)C)n1. The second kappa shape index (κ2) is 9.73. The minimum Gasteiger partial charge on any atom is -0.459 e. The van der Waals surface area contributed by atoms with Crippen molar-refractivity contribution >= 4 is 5.82 Å². The van der Waals surface area contributed by atoms with E-state index in [4.69, 9.17) is 4.74 Å². The summed E-state index contributed by atoms with van der Waals surface area (Å²) in [5, 5.41) is 0. The first-order chi connectivity index (χ1) is 12.0. The average molecular weight is 348 g/mol. The molecule has 25 heavy (non-hydrogen) atoms. The van der Waals surface area contributed by atoms with E-state index >= 15 is 0 Å². The zero-order chi connectivity index (χ0) is 18.2. The lowest BCUT2D eigenvalue weighted by Crippen LogP contribution is -2.38. The molecule has 0 aromatic carbocycles. The Hall–Kier alpha value is -1.66. The Kier molecular flexibility index (Phi) is 7.65. The molecule has 1 aliphatic rings. The summed E-state index contributed by atoms with van der Waals surface area (Å²) in [4.78, 5) is 15.9. The van der Waals surface area contributed by atoms with Crippen LogP contribution in [0.15, 0.2) is 18.9 Å². The highest BCUT2D eigenvalue weighted by atomic mass is 16.5. The van der Waals surface area contributed by atoms with Crippen molar-refractivity contribution in [1.82, 2.24) is 19.8 Å². The van der Waals surface area contributed by atoms with Gasteiger partial charge in [0.1, 0.15) is 11.9 Å². The Balaban J connectivity index is 2.04. The van der Waals surface area contributed by atoms with Crippen LogP contribution >= 0.6 is 0 Å². The highest BCUT2D eigenvalue weighted by molar-refractivity contribution is 5.44. The molecular weight excluding hydrogens is 314 g/mol. The van der Waals surface area contributed by atoms with Crippen molar-refractivity contribution in [2.24, 2.45) is 0 Å². The Morgan fingerprint density at radius 2 is 2.12 bits per heavy atom. The third kappa shape index (κ3) is 6.29. The van der Waals surface area contributed by atoms with Gasteiger partial charge >= 0.3 is 6.01 Å². The monoisotopic (exact) mass is 347 g/mol. The van der Waals surface area contributed by atoms with Gasteiger partial charge in [-0.1, -0.05) is 6.08 Å². The molecule has 0 bridgehead atoms. The van der Waals surface area contributed by atoms with Gasteiger partial charge in [-0.25, -0.2) is 4.98 Å². The summed E-state index contributed by atoms with van der Waals surface area (Å²) in [6.07, 6.45) is 6.95. The van der Waals surface area contributed by atoms with Crippen molar-refractivity contribution in [2.75, 3.05) is 58.8 Å². The average Bonchev–Trinajstić information content (AvgIpc) is 2.78. The molecule has 1 fully saturated rings. The van der Waals surface area contributed by atoms with Gasteiger partial charge in [-0.05, 0) is 46.3 Å². The lowest BCUT2D eigenvalue weighted by atomic mass is 10.2. The van der Waals surface area contributed by atoms with Crippen molar-refractivity contribution < 1.29 is 4.74 Å². The van der Waals surface area contributed by atoms with Crippen LogP contribution in [-0.2, 0) is 0 Å². The molecule has 1 aliphatic heterocycles. The van der Waals surface area contributed by atoms with E-state index in [1.54, 1.807) is 0 Å². The van der Waals surface area contributed by atoms with Crippen LogP contribution < -0.4 is 9.64 Å². The predicted octanol–water partition coefficient (Wildman–Crippen LogP) is 2.20. The van der Waals surface area contributed by atoms with Crippen LogP contribution in [0.2, 0.25) is 0 Å². The number of allylic oxidation sites excluding steroid dienone is 1. The fourth-order valence-electron chi connectivity index (χ4n) is 3.14. The smallest absolute Gasteiger partial charge is 0.318 e. The molecule has 2 heterocycles. The number of hydrogen-bond acceptors (Lipinski definition) is 6. The molecule has 0 spiro atoms. The number of hydrogen-bond donors (Lipinski definition) is 0. The summed E-state index contributed by atoms with van der Waals surface area (Å²) >= 11 is 0. The van der Waals surface area contributed by atoms with Crippen LogP contribution in [0.4, 0.5) is 5.82 Å². The molecule has 0 amide bonds. The zero-order valence-electron chi connectivity index (χ0n) is 16.2. The molecule has 0 aliphatic carbocycles. The highest BCUT2D eigenvalue weighted by Crippen LogP contribution is 2.18. The topological polar surface area (TPSA) is 44.7 Å².